The number of nitrogens with zero attached hydrogens (tertiary/aromatic N) is 1. The molecule has 2 aliphatic rings. The minimum absolute atomic E-state index is 0. The smallest absolute Gasteiger partial charge is 0.188 e. The van der Waals surface area contributed by atoms with E-state index in [2.05, 4.69) is 17.2 Å². The first-order valence-electron chi connectivity index (χ1n) is 7.24. The van der Waals surface area contributed by atoms with Crippen molar-refractivity contribution in [1.29, 1.82) is 0 Å². The van der Waals surface area contributed by atoms with Crippen molar-refractivity contribution >= 4 is 29.9 Å². The molecule has 0 atom stereocenters. The van der Waals surface area contributed by atoms with Gasteiger partial charge < -0.3 is 11.1 Å². The average molecular weight is 365 g/mol. The molecule has 0 aromatic heterocycles. The molecule has 18 heavy (non-hydrogen) atoms. The molecule has 0 unspecified atom stereocenters. The van der Waals surface area contributed by atoms with E-state index in [4.69, 9.17) is 5.73 Å². The van der Waals surface area contributed by atoms with Crippen LogP contribution in [0.2, 0.25) is 0 Å². The molecule has 4 heteroatoms. The number of hydrogen-bond donors (Lipinski definition) is 2. The second-order valence-electron chi connectivity index (χ2n) is 6.20. The normalized spacial score (nSPS) is 24.6. The lowest BCUT2D eigenvalue weighted by Gasteiger charge is -2.36. The second-order valence-corrected chi connectivity index (χ2v) is 6.20. The van der Waals surface area contributed by atoms with Crippen LogP contribution < -0.4 is 11.1 Å². The fraction of sp³-hybridized carbons (Fsp3) is 0.929. The molecule has 0 spiro atoms. The Morgan fingerprint density at radius 1 is 1.17 bits per heavy atom. The van der Waals surface area contributed by atoms with Crippen molar-refractivity contribution in [2.45, 2.75) is 70.8 Å². The van der Waals surface area contributed by atoms with E-state index in [1.807, 2.05) is 0 Å². The molecule has 2 saturated carbocycles. The largest absolute Gasteiger partial charge is 0.370 e. The minimum Gasteiger partial charge on any atom is -0.370 e. The minimum atomic E-state index is 0. The van der Waals surface area contributed by atoms with Gasteiger partial charge in [0.2, 0.25) is 0 Å². The summed E-state index contributed by atoms with van der Waals surface area (Å²) < 4.78 is 0. The van der Waals surface area contributed by atoms with Crippen LogP contribution in [0.3, 0.4) is 0 Å². The zero-order valence-corrected chi connectivity index (χ0v) is 13.9. The number of guanidine groups is 1. The topological polar surface area (TPSA) is 50.4 Å². The summed E-state index contributed by atoms with van der Waals surface area (Å²) in [6.45, 7) is 3.22. The Kier molecular flexibility index (Phi) is 6.74. The molecule has 0 aromatic carbocycles. The zero-order valence-electron chi connectivity index (χ0n) is 11.6. The van der Waals surface area contributed by atoms with Crippen molar-refractivity contribution < 1.29 is 0 Å². The molecule has 3 nitrogen and oxygen atoms in total. The Morgan fingerprint density at radius 2 is 1.78 bits per heavy atom. The van der Waals surface area contributed by atoms with Gasteiger partial charge in [0.1, 0.15) is 0 Å². The Hall–Kier alpha value is 0. The molecule has 2 aliphatic carbocycles. The summed E-state index contributed by atoms with van der Waals surface area (Å²) >= 11 is 0. The van der Waals surface area contributed by atoms with Crippen molar-refractivity contribution in [3.8, 4) is 0 Å². The monoisotopic (exact) mass is 365 g/mol. The summed E-state index contributed by atoms with van der Waals surface area (Å²) in [7, 11) is 0. The van der Waals surface area contributed by atoms with Crippen LogP contribution in [-0.4, -0.2) is 18.5 Å². The van der Waals surface area contributed by atoms with Crippen molar-refractivity contribution in [1.82, 2.24) is 5.32 Å². The molecular formula is C14H28IN3. The van der Waals surface area contributed by atoms with Gasteiger partial charge in [0, 0.05) is 12.6 Å². The van der Waals surface area contributed by atoms with Crippen LogP contribution in [0.4, 0.5) is 0 Å². The maximum absolute atomic E-state index is 5.98. The van der Waals surface area contributed by atoms with Crippen LogP contribution in [0.5, 0.6) is 0 Å². The summed E-state index contributed by atoms with van der Waals surface area (Å²) in [5.41, 5.74) is 6.42. The molecule has 0 heterocycles. The molecule has 0 radical (unpaired) electrons. The van der Waals surface area contributed by atoms with E-state index in [9.17, 15) is 0 Å². The van der Waals surface area contributed by atoms with Gasteiger partial charge in [-0.05, 0) is 31.1 Å². The quantitative estimate of drug-likeness (QED) is 0.349. The molecule has 0 bridgehead atoms. The maximum Gasteiger partial charge on any atom is 0.188 e. The third kappa shape index (κ3) is 4.94. The van der Waals surface area contributed by atoms with Gasteiger partial charge in [0.25, 0.3) is 0 Å². The van der Waals surface area contributed by atoms with E-state index in [0.717, 1.165) is 6.54 Å². The third-order valence-electron chi connectivity index (χ3n) is 4.40. The van der Waals surface area contributed by atoms with Crippen molar-refractivity contribution in [2.24, 2.45) is 16.1 Å². The molecule has 0 aromatic rings. The van der Waals surface area contributed by atoms with Crippen molar-refractivity contribution in [3.05, 3.63) is 0 Å². The first-order chi connectivity index (χ1) is 8.18. The van der Waals surface area contributed by atoms with Crippen LogP contribution in [0, 0.1) is 5.41 Å². The summed E-state index contributed by atoms with van der Waals surface area (Å²) in [5.74, 6) is 0.671. The summed E-state index contributed by atoms with van der Waals surface area (Å²) in [6.07, 6.45) is 11.9. The number of halogens is 1. The molecule has 106 valence electrons. The van der Waals surface area contributed by atoms with Gasteiger partial charge in [-0.25, -0.2) is 0 Å². The number of rotatable bonds is 3. The van der Waals surface area contributed by atoms with E-state index >= 15 is 0 Å². The predicted octanol–water partition coefficient (Wildman–Crippen LogP) is 3.42. The highest BCUT2D eigenvalue weighted by Gasteiger charge is 2.31. The van der Waals surface area contributed by atoms with Gasteiger partial charge in [-0.3, -0.25) is 4.99 Å². The SMILES string of the molecule is CC1(CN=C(N)NC2CCCCCC2)CCC1.I. The standard InChI is InChI=1S/C14H27N3.HI/c1-14(9-6-10-14)11-16-13(15)17-12-7-4-2-3-5-8-12;/h12H,2-11H2,1H3,(H3,15,16,17);1H. The summed E-state index contributed by atoms with van der Waals surface area (Å²) in [6, 6.07) is 0.565. The Labute approximate surface area is 128 Å². The molecule has 2 fully saturated rings. The number of hydrogen-bond acceptors (Lipinski definition) is 1. The second kappa shape index (κ2) is 7.56. The molecule has 0 aliphatic heterocycles. The van der Waals surface area contributed by atoms with E-state index in [-0.39, 0.29) is 24.0 Å². The summed E-state index contributed by atoms with van der Waals surface area (Å²) in [5, 5.41) is 3.41. The third-order valence-corrected chi connectivity index (χ3v) is 4.40. The van der Waals surface area contributed by atoms with Crippen LogP contribution >= 0.6 is 24.0 Å². The predicted molar refractivity (Wildman–Crippen MR) is 88.5 cm³/mol. The lowest BCUT2D eigenvalue weighted by Crippen LogP contribution is -2.41. The molecule has 3 N–H and O–H groups in total. The van der Waals surface area contributed by atoms with Gasteiger partial charge in [-0.2, -0.15) is 0 Å². The van der Waals surface area contributed by atoms with E-state index in [0.29, 0.717) is 17.4 Å². The fourth-order valence-corrected chi connectivity index (χ4v) is 2.89. The van der Waals surface area contributed by atoms with Gasteiger partial charge in [-0.1, -0.05) is 39.0 Å². The highest BCUT2D eigenvalue weighted by Crippen LogP contribution is 2.40. The van der Waals surface area contributed by atoms with E-state index in [1.165, 1.54) is 57.8 Å². The van der Waals surface area contributed by atoms with E-state index in [1.54, 1.807) is 0 Å². The van der Waals surface area contributed by atoms with Crippen molar-refractivity contribution in [3.63, 3.8) is 0 Å². The van der Waals surface area contributed by atoms with Crippen LogP contribution in [0.1, 0.15) is 64.7 Å². The van der Waals surface area contributed by atoms with E-state index < -0.39 is 0 Å². The number of nitrogens with two attached hydrogens (primary N) is 1. The molecule has 0 saturated heterocycles. The highest BCUT2D eigenvalue weighted by atomic mass is 127. The maximum atomic E-state index is 5.98. The molecule has 2 rings (SSSR count). The van der Waals surface area contributed by atoms with Crippen molar-refractivity contribution in [2.75, 3.05) is 6.54 Å². The molecule has 0 amide bonds. The van der Waals surface area contributed by atoms with Gasteiger partial charge in [-0.15, -0.1) is 24.0 Å². The summed E-state index contributed by atoms with van der Waals surface area (Å²) in [4.78, 5) is 4.53. The zero-order chi connectivity index (χ0) is 12.1. The van der Waals surface area contributed by atoms with Gasteiger partial charge in [0.05, 0.1) is 0 Å². The fourth-order valence-electron chi connectivity index (χ4n) is 2.89. The average Bonchev–Trinajstić information content (AvgIpc) is 2.52. The van der Waals surface area contributed by atoms with Gasteiger partial charge in [0.15, 0.2) is 5.96 Å². The molecular weight excluding hydrogens is 337 g/mol. The Bertz CT molecular complexity index is 266. The Morgan fingerprint density at radius 3 is 2.28 bits per heavy atom. The first-order valence-corrected chi connectivity index (χ1v) is 7.24. The van der Waals surface area contributed by atoms with Gasteiger partial charge >= 0.3 is 0 Å². The van der Waals surface area contributed by atoms with Crippen LogP contribution in [0.15, 0.2) is 4.99 Å². The van der Waals surface area contributed by atoms with Crippen LogP contribution in [-0.2, 0) is 0 Å². The number of aliphatic imine (C=N–C) groups is 1. The lowest BCUT2D eigenvalue weighted by molar-refractivity contribution is 0.173. The Balaban J connectivity index is 0.00000162. The lowest BCUT2D eigenvalue weighted by atomic mass is 9.71. The highest BCUT2D eigenvalue weighted by molar-refractivity contribution is 14.0. The van der Waals surface area contributed by atoms with Crippen LogP contribution in [0.25, 0.3) is 0 Å². The first kappa shape index (κ1) is 16.1. The number of nitrogens with one attached hydrogen (secondary N) is 1.